The van der Waals surface area contributed by atoms with Crippen molar-refractivity contribution < 1.29 is 9.53 Å². The summed E-state index contributed by atoms with van der Waals surface area (Å²) >= 11 is 0. The van der Waals surface area contributed by atoms with Gasteiger partial charge in [-0.15, -0.1) is 0 Å². The van der Waals surface area contributed by atoms with Gasteiger partial charge in [-0.05, 0) is 32.4 Å². The van der Waals surface area contributed by atoms with Crippen LogP contribution in [0.15, 0.2) is 24.3 Å². The SMILES string of the molecule is CC(=O)C1CCCN(CC2COc3ccccc32)C1. The number of piperidine rings is 1. The Hall–Kier alpha value is -1.35. The van der Waals surface area contributed by atoms with Crippen LogP contribution in [0.5, 0.6) is 5.75 Å². The van der Waals surface area contributed by atoms with Crippen LogP contribution in [-0.4, -0.2) is 36.9 Å². The molecule has 0 amide bonds. The number of fused-ring (bicyclic) bond motifs is 1. The van der Waals surface area contributed by atoms with Crippen LogP contribution < -0.4 is 4.74 Å². The van der Waals surface area contributed by atoms with E-state index in [0.29, 0.717) is 11.7 Å². The van der Waals surface area contributed by atoms with Gasteiger partial charge in [-0.3, -0.25) is 4.79 Å². The van der Waals surface area contributed by atoms with Crippen LogP contribution in [0.25, 0.3) is 0 Å². The number of ether oxygens (including phenoxy) is 1. The fraction of sp³-hybridized carbons (Fsp3) is 0.562. The molecule has 3 rings (SSSR count). The molecule has 0 bridgehead atoms. The van der Waals surface area contributed by atoms with Gasteiger partial charge in [0.05, 0.1) is 6.61 Å². The Morgan fingerprint density at radius 1 is 1.42 bits per heavy atom. The molecule has 3 heteroatoms. The van der Waals surface area contributed by atoms with Crippen molar-refractivity contribution in [2.75, 3.05) is 26.2 Å². The molecule has 0 saturated carbocycles. The van der Waals surface area contributed by atoms with Crippen molar-refractivity contribution in [2.45, 2.75) is 25.7 Å². The summed E-state index contributed by atoms with van der Waals surface area (Å²) in [5.41, 5.74) is 1.33. The second-order valence-electron chi connectivity index (χ2n) is 5.76. The average Bonchev–Trinajstić information content (AvgIpc) is 2.83. The summed E-state index contributed by atoms with van der Waals surface area (Å²) in [6, 6.07) is 8.31. The van der Waals surface area contributed by atoms with Crippen molar-refractivity contribution in [3.63, 3.8) is 0 Å². The highest BCUT2D eigenvalue weighted by Gasteiger charge is 2.29. The molecule has 0 spiro atoms. The van der Waals surface area contributed by atoms with Crippen molar-refractivity contribution in [2.24, 2.45) is 5.92 Å². The Morgan fingerprint density at radius 2 is 2.26 bits per heavy atom. The van der Waals surface area contributed by atoms with Crippen molar-refractivity contribution in [1.29, 1.82) is 0 Å². The van der Waals surface area contributed by atoms with E-state index >= 15 is 0 Å². The standard InChI is InChI=1S/C16H21NO2/c1-12(18)13-5-4-8-17(9-13)10-14-11-19-16-7-3-2-6-15(14)16/h2-3,6-7,13-14H,4-5,8-11H2,1H3. The number of Topliss-reactive ketones (excluding diaryl/α,β-unsaturated/α-hetero) is 1. The number of likely N-dealkylation sites (tertiary alicyclic amines) is 1. The van der Waals surface area contributed by atoms with E-state index in [-0.39, 0.29) is 5.92 Å². The van der Waals surface area contributed by atoms with E-state index in [1.807, 2.05) is 12.1 Å². The van der Waals surface area contributed by atoms with E-state index in [0.717, 1.165) is 44.8 Å². The van der Waals surface area contributed by atoms with Gasteiger partial charge in [0.15, 0.2) is 0 Å². The van der Waals surface area contributed by atoms with E-state index in [9.17, 15) is 4.79 Å². The molecule has 2 aliphatic rings. The highest BCUT2D eigenvalue weighted by Crippen LogP contribution is 2.34. The lowest BCUT2D eigenvalue weighted by Crippen LogP contribution is -2.40. The smallest absolute Gasteiger partial charge is 0.134 e. The Labute approximate surface area is 114 Å². The predicted molar refractivity (Wildman–Crippen MR) is 74.5 cm³/mol. The number of hydrogen-bond donors (Lipinski definition) is 0. The molecule has 1 aromatic rings. The number of hydrogen-bond acceptors (Lipinski definition) is 3. The van der Waals surface area contributed by atoms with Crippen molar-refractivity contribution in [1.82, 2.24) is 4.90 Å². The summed E-state index contributed by atoms with van der Waals surface area (Å²) in [4.78, 5) is 14.0. The molecule has 0 aliphatic carbocycles. The molecule has 2 heterocycles. The molecule has 2 unspecified atom stereocenters. The van der Waals surface area contributed by atoms with E-state index in [4.69, 9.17) is 4.74 Å². The second-order valence-corrected chi connectivity index (χ2v) is 5.76. The number of ketones is 1. The number of rotatable bonds is 3. The molecule has 1 aromatic carbocycles. The lowest BCUT2D eigenvalue weighted by Gasteiger charge is -2.32. The Bertz CT molecular complexity index is 472. The summed E-state index contributed by atoms with van der Waals surface area (Å²) < 4.78 is 5.73. The summed E-state index contributed by atoms with van der Waals surface area (Å²) in [5.74, 6) is 2.08. The molecule has 0 radical (unpaired) electrons. The third kappa shape index (κ3) is 2.66. The first-order valence-corrected chi connectivity index (χ1v) is 7.18. The number of carbonyl (C=O) groups is 1. The van der Waals surface area contributed by atoms with Crippen LogP contribution in [0.3, 0.4) is 0 Å². The van der Waals surface area contributed by atoms with Crippen molar-refractivity contribution >= 4 is 5.78 Å². The first-order chi connectivity index (χ1) is 9.24. The van der Waals surface area contributed by atoms with Gasteiger partial charge in [-0.25, -0.2) is 0 Å². The second kappa shape index (κ2) is 5.33. The zero-order valence-electron chi connectivity index (χ0n) is 11.5. The fourth-order valence-corrected chi connectivity index (χ4v) is 3.25. The quantitative estimate of drug-likeness (QED) is 0.835. The predicted octanol–water partition coefficient (Wildman–Crippen LogP) is 2.46. The monoisotopic (exact) mass is 259 g/mol. The van der Waals surface area contributed by atoms with Crippen LogP contribution in [0.1, 0.15) is 31.2 Å². The molecule has 0 N–H and O–H groups in total. The number of nitrogens with zero attached hydrogens (tertiary/aromatic N) is 1. The average molecular weight is 259 g/mol. The fourth-order valence-electron chi connectivity index (χ4n) is 3.25. The lowest BCUT2D eigenvalue weighted by atomic mass is 9.93. The van der Waals surface area contributed by atoms with Crippen molar-refractivity contribution in [3.8, 4) is 5.75 Å². The zero-order chi connectivity index (χ0) is 13.2. The molecule has 1 fully saturated rings. The third-order valence-corrected chi connectivity index (χ3v) is 4.36. The maximum atomic E-state index is 11.5. The molecule has 3 nitrogen and oxygen atoms in total. The summed E-state index contributed by atoms with van der Waals surface area (Å²) in [5, 5.41) is 0. The first-order valence-electron chi connectivity index (χ1n) is 7.18. The maximum absolute atomic E-state index is 11.5. The van der Waals surface area contributed by atoms with Crippen LogP contribution >= 0.6 is 0 Å². The van der Waals surface area contributed by atoms with E-state index in [2.05, 4.69) is 17.0 Å². The molecular weight excluding hydrogens is 238 g/mol. The maximum Gasteiger partial charge on any atom is 0.134 e. The largest absolute Gasteiger partial charge is 0.493 e. The highest BCUT2D eigenvalue weighted by molar-refractivity contribution is 5.78. The van der Waals surface area contributed by atoms with Gasteiger partial charge in [-0.2, -0.15) is 0 Å². The molecule has 1 saturated heterocycles. The number of benzene rings is 1. The first kappa shape index (κ1) is 12.7. The van der Waals surface area contributed by atoms with Crippen LogP contribution in [-0.2, 0) is 4.79 Å². The van der Waals surface area contributed by atoms with Crippen LogP contribution in [0, 0.1) is 5.92 Å². The molecule has 102 valence electrons. The van der Waals surface area contributed by atoms with Crippen LogP contribution in [0.2, 0.25) is 0 Å². The molecule has 0 aromatic heterocycles. The van der Waals surface area contributed by atoms with Gasteiger partial charge in [0.25, 0.3) is 0 Å². The number of carbonyl (C=O) groups excluding carboxylic acids is 1. The van der Waals surface area contributed by atoms with E-state index < -0.39 is 0 Å². The molecule has 2 atom stereocenters. The topological polar surface area (TPSA) is 29.5 Å². The molecule has 2 aliphatic heterocycles. The zero-order valence-corrected chi connectivity index (χ0v) is 11.5. The van der Waals surface area contributed by atoms with E-state index in [1.165, 1.54) is 5.56 Å². The van der Waals surface area contributed by atoms with Gasteiger partial charge >= 0.3 is 0 Å². The minimum Gasteiger partial charge on any atom is -0.493 e. The summed E-state index contributed by atoms with van der Waals surface area (Å²) in [7, 11) is 0. The van der Waals surface area contributed by atoms with E-state index in [1.54, 1.807) is 6.92 Å². The summed E-state index contributed by atoms with van der Waals surface area (Å²) in [6.07, 6.45) is 2.20. The minimum atomic E-state index is 0.242. The van der Waals surface area contributed by atoms with Gasteiger partial charge < -0.3 is 9.64 Å². The highest BCUT2D eigenvalue weighted by atomic mass is 16.5. The lowest BCUT2D eigenvalue weighted by molar-refractivity contribution is -0.122. The van der Waals surface area contributed by atoms with Gasteiger partial charge in [0.1, 0.15) is 11.5 Å². The third-order valence-electron chi connectivity index (χ3n) is 4.36. The Balaban J connectivity index is 1.65. The normalized spacial score (nSPS) is 26.8. The summed E-state index contributed by atoms with van der Waals surface area (Å²) in [6.45, 7) is 5.56. The molecular formula is C16H21NO2. The number of para-hydroxylation sites is 1. The minimum absolute atomic E-state index is 0.242. The van der Waals surface area contributed by atoms with Crippen molar-refractivity contribution in [3.05, 3.63) is 29.8 Å². The van der Waals surface area contributed by atoms with Gasteiger partial charge in [-0.1, -0.05) is 18.2 Å². The van der Waals surface area contributed by atoms with Gasteiger partial charge in [0, 0.05) is 30.5 Å². The van der Waals surface area contributed by atoms with Gasteiger partial charge in [0.2, 0.25) is 0 Å². The Morgan fingerprint density at radius 3 is 3.11 bits per heavy atom. The Kier molecular flexibility index (Phi) is 3.56. The van der Waals surface area contributed by atoms with Crippen LogP contribution in [0.4, 0.5) is 0 Å². The molecule has 19 heavy (non-hydrogen) atoms.